The van der Waals surface area contributed by atoms with Crippen LogP contribution in [0.2, 0.25) is 0 Å². The molecule has 2 aromatic heterocycles. The van der Waals surface area contributed by atoms with Gasteiger partial charge in [-0.3, -0.25) is 14.6 Å². The number of aromatic nitrogens is 2. The number of amides is 1. The van der Waals surface area contributed by atoms with Gasteiger partial charge in [-0.15, -0.1) is 0 Å². The number of hydrogen-bond acceptors (Lipinski definition) is 9. The molecule has 0 bridgehead atoms. The van der Waals surface area contributed by atoms with Gasteiger partial charge in [0.1, 0.15) is 23.6 Å². The summed E-state index contributed by atoms with van der Waals surface area (Å²) in [6.45, 7) is 7.25. The lowest BCUT2D eigenvalue weighted by molar-refractivity contribution is -0.127. The van der Waals surface area contributed by atoms with Gasteiger partial charge in [0.25, 0.3) is 11.5 Å². The summed E-state index contributed by atoms with van der Waals surface area (Å²) in [6, 6.07) is 3.35. The van der Waals surface area contributed by atoms with E-state index in [2.05, 4.69) is 37.7 Å². The monoisotopic (exact) mass is 480 g/mol. The van der Waals surface area contributed by atoms with Crippen molar-refractivity contribution in [1.82, 2.24) is 25.2 Å². The maximum Gasteiger partial charge on any atom is 0.308 e. The quantitative estimate of drug-likeness (QED) is 0.401. The Bertz CT molecular complexity index is 1270. The second-order valence-electron chi connectivity index (χ2n) is 8.31. The van der Waals surface area contributed by atoms with E-state index in [1.807, 2.05) is 6.92 Å². The molecule has 1 aliphatic heterocycles. The molecule has 3 heterocycles. The molecule has 0 spiro atoms. The molecule has 1 amide bonds. The van der Waals surface area contributed by atoms with Crippen LogP contribution in [0.1, 0.15) is 26.7 Å². The molecule has 4 rings (SSSR count). The van der Waals surface area contributed by atoms with E-state index in [1.54, 1.807) is 45.5 Å². The van der Waals surface area contributed by atoms with Gasteiger partial charge in [-0.25, -0.2) is 9.55 Å². The van der Waals surface area contributed by atoms with Crippen LogP contribution in [-0.4, -0.2) is 58.8 Å². The summed E-state index contributed by atoms with van der Waals surface area (Å²) in [4.78, 5) is 34.3. The Balaban J connectivity index is 1.63. The van der Waals surface area contributed by atoms with Gasteiger partial charge < -0.3 is 25.1 Å². The van der Waals surface area contributed by atoms with E-state index >= 15 is 0 Å². The highest BCUT2D eigenvalue weighted by Gasteiger charge is 2.44. The third-order valence-electron chi connectivity index (χ3n) is 6.30. The topological polar surface area (TPSA) is 138 Å². The van der Waals surface area contributed by atoms with Crippen LogP contribution in [0, 0.1) is 0 Å². The highest BCUT2D eigenvalue weighted by atomic mass is 16.5. The molecular formula is C23H28N8O4. The van der Waals surface area contributed by atoms with Crippen molar-refractivity contribution in [3.8, 4) is 6.01 Å². The number of pyridine rings is 1. The maximum absolute atomic E-state index is 13.1. The van der Waals surface area contributed by atoms with E-state index in [0.29, 0.717) is 23.1 Å². The Morgan fingerprint density at radius 2 is 2.26 bits per heavy atom. The molecule has 0 saturated heterocycles. The second-order valence-corrected chi connectivity index (χ2v) is 8.31. The molecule has 0 unspecified atom stereocenters. The number of carbonyl (C=O) groups is 1. The van der Waals surface area contributed by atoms with Crippen LogP contribution in [0.4, 0.5) is 5.69 Å². The maximum atomic E-state index is 13.1. The summed E-state index contributed by atoms with van der Waals surface area (Å²) in [5, 5.41) is 14.7. The van der Waals surface area contributed by atoms with Gasteiger partial charge >= 0.3 is 6.01 Å². The predicted molar refractivity (Wildman–Crippen MR) is 131 cm³/mol. The van der Waals surface area contributed by atoms with Crippen LogP contribution >= 0.6 is 0 Å². The highest BCUT2D eigenvalue weighted by Crippen LogP contribution is 2.35. The molecule has 12 nitrogen and oxygen atoms in total. The van der Waals surface area contributed by atoms with Crippen LogP contribution in [-0.2, 0) is 9.53 Å². The van der Waals surface area contributed by atoms with Gasteiger partial charge in [-0.1, -0.05) is 0 Å². The number of methoxy groups -OCH3 is 1. The van der Waals surface area contributed by atoms with Crippen molar-refractivity contribution >= 4 is 24.1 Å². The largest absolute Gasteiger partial charge is 0.432 e. The molecule has 1 fully saturated rings. The summed E-state index contributed by atoms with van der Waals surface area (Å²) in [5.41, 5.74) is -0.149. The summed E-state index contributed by atoms with van der Waals surface area (Å²) in [6.07, 6.45) is 7.75. The number of rotatable bonds is 7. The number of ether oxygens (including phenoxy) is 1. The SMILES string of the molecule is C=NN1C(=NC)C=C(Nc2cccn(-c3ncco3)c2=O)N/C1=C(/C)C(=O)N[C@H]1CC[C@]1(C)OC. The molecule has 1 aliphatic carbocycles. The number of hydrogen-bond donors (Lipinski definition) is 3. The number of nitrogens with one attached hydrogen (secondary N) is 3. The second kappa shape index (κ2) is 9.58. The van der Waals surface area contributed by atoms with Crippen LogP contribution in [0.5, 0.6) is 0 Å². The first-order valence-corrected chi connectivity index (χ1v) is 11.0. The molecule has 2 atom stereocenters. The smallest absolute Gasteiger partial charge is 0.308 e. The Hall–Kier alpha value is -4.19. The molecule has 1 saturated carbocycles. The highest BCUT2D eigenvalue weighted by molar-refractivity contribution is 5.99. The Kier molecular flexibility index (Phi) is 6.56. The van der Waals surface area contributed by atoms with Crippen molar-refractivity contribution in [2.45, 2.75) is 38.3 Å². The standard InChI is InChI=1S/C23H28N8O4/c1-14(20(32)28-16-8-9-23(16,2)34-5)19-29-17(13-18(24-3)31(19)25-4)27-15-7-6-11-30(21(15)33)22-26-10-12-35-22/h6-7,10-13,16,27,29H,4,8-9H2,1-3,5H3,(H,28,32)/b19-14+,24-18?/t16-,23-/m0/s1. The normalized spacial score (nSPS) is 24.2. The molecule has 35 heavy (non-hydrogen) atoms. The number of carbonyl (C=O) groups excluding carboxylic acids is 1. The van der Waals surface area contributed by atoms with Crippen LogP contribution < -0.4 is 21.5 Å². The average molecular weight is 481 g/mol. The summed E-state index contributed by atoms with van der Waals surface area (Å²) in [5.74, 6) is 0.903. The minimum Gasteiger partial charge on any atom is -0.432 e. The molecule has 0 aromatic carbocycles. The third-order valence-corrected chi connectivity index (χ3v) is 6.30. The zero-order valence-corrected chi connectivity index (χ0v) is 20.0. The van der Waals surface area contributed by atoms with Gasteiger partial charge in [0.15, 0.2) is 5.84 Å². The third kappa shape index (κ3) is 4.47. The molecule has 2 aliphatic rings. The van der Waals surface area contributed by atoms with E-state index in [0.717, 1.165) is 12.8 Å². The zero-order chi connectivity index (χ0) is 25.2. The first kappa shape index (κ1) is 24.0. The number of anilines is 1. The lowest BCUT2D eigenvalue weighted by Crippen LogP contribution is -2.59. The van der Waals surface area contributed by atoms with Gasteiger partial charge in [-0.2, -0.15) is 10.1 Å². The fraction of sp³-hybridized carbons (Fsp3) is 0.348. The number of aliphatic imine (C=N–C) groups is 1. The van der Waals surface area contributed by atoms with Crippen molar-refractivity contribution < 1.29 is 13.9 Å². The molecule has 184 valence electrons. The lowest BCUT2D eigenvalue weighted by Gasteiger charge is -2.46. The molecule has 3 N–H and O–H groups in total. The lowest BCUT2D eigenvalue weighted by atomic mass is 9.76. The van der Waals surface area contributed by atoms with Gasteiger partial charge in [0, 0.05) is 33.1 Å². The van der Waals surface area contributed by atoms with E-state index in [-0.39, 0.29) is 29.2 Å². The van der Waals surface area contributed by atoms with E-state index in [1.165, 1.54) is 22.0 Å². The fourth-order valence-electron chi connectivity index (χ4n) is 3.90. The van der Waals surface area contributed by atoms with Gasteiger partial charge in [0.2, 0.25) is 0 Å². The summed E-state index contributed by atoms with van der Waals surface area (Å²) < 4.78 is 12.1. The van der Waals surface area contributed by atoms with E-state index in [9.17, 15) is 9.59 Å². The van der Waals surface area contributed by atoms with Crippen molar-refractivity contribution in [2.24, 2.45) is 10.1 Å². The number of oxazole rings is 1. The number of nitrogens with zero attached hydrogens (tertiary/aromatic N) is 5. The van der Waals surface area contributed by atoms with Crippen LogP contribution in [0.3, 0.4) is 0 Å². The Morgan fingerprint density at radius 3 is 2.86 bits per heavy atom. The van der Waals surface area contributed by atoms with E-state index < -0.39 is 5.60 Å². The molecular weight excluding hydrogens is 452 g/mol. The van der Waals surface area contributed by atoms with Crippen LogP contribution in [0.15, 0.2) is 73.4 Å². The van der Waals surface area contributed by atoms with Crippen molar-refractivity contribution in [1.29, 1.82) is 0 Å². The summed E-state index contributed by atoms with van der Waals surface area (Å²) in [7, 11) is 3.23. The predicted octanol–water partition coefficient (Wildman–Crippen LogP) is 1.54. The first-order valence-electron chi connectivity index (χ1n) is 11.0. The van der Waals surface area contributed by atoms with Crippen molar-refractivity contribution in [3.63, 3.8) is 0 Å². The fourth-order valence-corrected chi connectivity index (χ4v) is 3.90. The zero-order valence-electron chi connectivity index (χ0n) is 20.0. The molecule has 12 heteroatoms. The van der Waals surface area contributed by atoms with Crippen LogP contribution in [0.25, 0.3) is 6.01 Å². The Labute approximate surface area is 202 Å². The number of hydrazone groups is 1. The Morgan fingerprint density at radius 1 is 1.46 bits per heavy atom. The number of amidine groups is 1. The molecule has 0 radical (unpaired) electrons. The van der Waals surface area contributed by atoms with Crippen molar-refractivity contribution in [2.75, 3.05) is 19.5 Å². The minimum absolute atomic E-state index is 0.102. The first-order chi connectivity index (χ1) is 16.8. The van der Waals surface area contributed by atoms with Crippen molar-refractivity contribution in [3.05, 3.63) is 64.4 Å². The average Bonchev–Trinajstić information content (AvgIpc) is 3.40. The van der Waals surface area contributed by atoms with Gasteiger partial charge in [-0.05, 0) is 38.8 Å². The summed E-state index contributed by atoms with van der Waals surface area (Å²) >= 11 is 0. The minimum atomic E-state index is -0.393. The van der Waals surface area contributed by atoms with E-state index in [4.69, 9.17) is 9.15 Å². The van der Waals surface area contributed by atoms with Gasteiger partial charge in [0.05, 0.1) is 23.4 Å². The molecule has 2 aromatic rings.